The topological polar surface area (TPSA) is 12.5 Å². The molecule has 0 aromatic heterocycles. The molecule has 1 aromatic rings. The zero-order valence-electron chi connectivity index (χ0n) is 10.5. The molecule has 3 heteroatoms. The molecular formula is C13H20BrNO. The summed E-state index contributed by atoms with van der Waals surface area (Å²) in [5, 5.41) is 0. The average molecular weight is 286 g/mol. The van der Waals surface area contributed by atoms with Crippen LogP contribution in [0.25, 0.3) is 0 Å². The van der Waals surface area contributed by atoms with Crippen molar-refractivity contribution < 1.29 is 4.74 Å². The molecule has 0 heterocycles. The number of rotatable bonds is 5. The highest BCUT2D eigenvalue weighted by molar-refractivity contribution is 9.09. The lowest BCUT2D eigenvalue weighted by atomic mass is 10.0. The highest BCUT2D eigenvalue weighted by Gasteiger charge is 2.05. The number of ether oxygens (including phenoxy) is 1. The van der Waals surface area contributed by atoms with Gasteiger partial charge in [0.15, 0.2) is 0 Å². The van der Waals surface area contributed by atoms with Gasteiger partial charge < -0.3 is 4.74 Å². The molecule has 0 fully saturated rings. The first-order valence-corrected chi connectivity index (χ1v) is 6.59. The summed E-state index contributed by atoms with van der Waals surface area (Å²) in [6, 6.07) is 4.36. The quantitative estimate of drug-likeness (QED) is 0.609. The van der Waals surface area contributed by atoms with E-state index in [4.69, 9.17) is 4.74 Å². The maximum Gasteiger partial charge on any atom is 0.122 e. The molecule has 0 spiro atoms. The minimum absolute atomic E-state index is 0.918. The Hall–Kier alpha value is -0.540. The van der Waals surface area contributed by atoms with Gasteiger partial charge in [0.1, 0.15) is 5.75 Å². The number of benzene rings is 1. The summed E-state index contributed by atoms with van der Waals surface area (Å²) in [4.78, 5) is 2.25. The molecule has 0 N–H and O–H groups in total. The van der Waals surface area contributed by atoms with Crippen LogP contribution in [0.3, 0.4) is 0 Å². The predicted octanol–water partition coefficient (Wildman–Crippen LogP) is 3.14. The molecule has 0 bridgehead atoms. The van der Waals surface area contributed by atoms with Crippen molar-refractivity contribution in [1.29, 1.82) is 0 Å². The fraction of sp³-hybridized carbons (Fsp3) is 0.538. The van der Waals surface area contributed by atoms with Crippen LogP contribution in [0.5, 0.6) is 5.75 Å². The largest absolute Gasteiger partial charge is 0.496 e. The monoisotopic (exact) mass is 285 g/mol. The third-order valence-corrected chi connectivity index (χ3v) is 3.68. The molecule has 0 amide bonds. The van der Waals surface area contributed by atoms with Crippen molar-refractivity contribution in [3.63, 3.8) is 0 Å². The lowest BCUT2D eigenvalue weighted by Gasteiger charge is -2.15. The van der Waals surface area contributed by atoms with E-state index in [2.05, 4.69) is 53.9 Å². The van der Waals surface area contributed by atoms with Gasteiger partial charge >= 0.3 is 0 Å². The van der Waals surface area contributed by atoms with Crippen LogP contribution < -0.4 is 4.74 Å². The van der Waals surface area contributed by atoms with Gasteiger partial charge in [-0.3, -0.25) is 4.90 Å². The minimum Gasteiger partial charge on any atom is -0.496 e. The lowest BCUT2D eigenvalue weighted by molar-refractivity contribution is 0.399. The fourth-order valence-corrected chi connectivity index (χ4v) is 1.96. The Kier molecular flexibility index (Phi) is 5.29. The van der Waals surface area contributed by atoms with Crippen molar-refractivity contribution in [3.05, 3.63) is 28.8 Å². The zero-order valence-corrected chi connectivity index (χ0v) is 12.1. The highest BCUT2D eigenvalue weighted by Crippen LogP contribution is 2.22. The van der Waals surface area contributed by atoms with Crippen LogP contribution >= 0.6 is 15.9 Å². The molecule has 1 aromatic carbocycles. The number of nitrogens with zero attached hydrogens (tertiary/aromatic N) is 1. The minimum atomic E-state index is 0.918. The predicted molar refractivity (Wildman–Crippen MR) is 72.6 cm³/mol. The van der Waals surface area contributed by atoms with Crippen molar-refractivity contribution >= 4 is 15.9 Å². The lowest BCUT2D eigenvalue weighted by Crippen LogP contribution is -2.19. The van der Waals surface area contributed by atoms with E-state index in [1.807, 2.05) is 0 Å². The summed E-state index contributed by atoms with van der Waals surface area (Å²) in [7, 11) is 3.83. The number of halogens is 1. The molecule has 2 nitrogen and oxygen atoms in total. The van der Waals surface area contributed by atoms with E-state index in [0.717, 1.165) is 24.2 Å². The molecule has 0 aliphatic rings. The maximum atomic E-state index is 5.31. The third kappa shape index (κ3) is 3.49. The number of hydrogen-bond donors (Lipinski definition) is 0. The second-order valence-electron chi connectivity index (χ2n) is 4.20. The first-order valence-electron chi connectivity index (χ1n) is 5.47. The average Bonchev–Trinajstić information content (AvgIpc) is 2.29. The molecule has 90 valence electrons. The fourth-order valence-electron chi connectivity index (χ4n) is 1.71. The van der Waals surface area contributed by atoms with Gasteiger partial charge in [-0.05, 0) is 50.1 Å². The molecule has 0 saturated heterocycles. The van der Waals surface area contributed by atoms with Crippen LogP contribution in [0.15, 0.2) is 12.1 Å². The molecule has 0 aliphatic carbocycles. The summed E-state index contributed by atoms with van der Waals surface area (Å²) in [6.45, 7) is 5.30. The van der Waals surface area contributed by atoms with E-state index < -0.39 is 0 Å². The molecule has 0 aliphatic heterocycles. The summed E-state index contributed by atoms with van der Waals surface area (Å²) < 4.78 is 5.31. The van der Waals surface area contributed by atoms with E-state index in [9.17, 15) is 0 Å². The molecule has 0 radical (unpaired) electrons. The highest BCUT2D eigenvalue weighted by atomic mass is 79.9. The van der Waals surface area contributed by atoms with Gasteiger partial charge in [-0.25, -0.2) is 0 Å². The first kappa shape index (κ1) is 13.5. The van der Waals surface area contributed by atoms with E-state index >= 15 is 0 Å². The SMILES string of the molecule is COc1cc(C)c(CCN(C)CBr)cc1C. The summed E-state index contributed by atoms with van der Waals surface area (Å²) >= 11 is 3.45. The molecule has 0 atom stereocenters. The zero-order chi connectivity index (χ0) is 12.1. The van der Waals surface area contributed by atoms with Crippen molar-refractivity contribution in [3.8, 4) is 5.75 Å². The number of hydrogen-bond acceptors (Lipinski definition) is 2. The Bertz CT molecular complexity index is 352. The maximum absolute atomic E-state index is 5.31. The van der Waals surface area contributed by atoms with Gasteiger partial charge in [0.05, 0.1) is 12.6 Å². The molecule has 1 rings (SSSR count). The van der Waals surface area contributed by atoms with Crippen molar-refractivity contribution in [1.82, 2.24) is 4.90 Å². The van der Waals surface area contributed by atoms with Crippen LogP contribution in [0.2, 0.25) is 0 Å². The van der Waals surface area contributed by atoms with Crippen LogP contribution in [0.1, 0.15) is 16.7 Å². The summed E-state index contributed by atoms with van der Waals surface area (Å²) in [5.74, 6) is 0.982. The van der Waals surface area contributed by atoms with Crippen molar-refractivity contribution in [2.24, 2.45) is 0 Å². The van der Waals surface area contributed by atoms with E-state index in [0.29, 0.717) is 0 Å². The van der Waals surface area contributed by atoms with Crippen molar-refractivity contribution in [2.45, 2.75) is 20.3 Å². The van der Waals surface area contributed by atoms with Gasteiger partial charge in [-0.2, -0.15) is 0 Å². The van der Waals surface area contributed by atoms with Crippen molar-refractivity contribution in [2.75, 3.05) is 26.2 Å². The molecule has 0 saturated carbocycles. The summed E-state index contributed by atoms with van der Waals surface area (Å²) in [5.41, 5.74) is 4.85. The normalized spacial score (nSPS) is 10.9. The van der Waals surface area contributed by atoms with Gasteiger partial charge in [0.2, 0.25) is 0 Å². The van der Waals surface area contributed by atoms with E-state index in [1.165, 1.54) is 16.7 Å². The van der Waals surface area contributed by atoms with Crippen LogP contribution in [0.4, 0.5) is 0 Å². The van der Waals surface area contributed by atoms with Crippen LogP contribution in [-0.4, -0.2) is 31.1 Å². The van der Waals surface area contributed by atoms with Crippen LogP contribution in [0, 0.1) is 13.8 Å². The second-order valence-corrected chi connectivity index (χ2v) is 4.70. The number of methoxy groups -OCH3 is 1. The molecule has 0 unspecified atom stereocenters. The van der Waals surface area contributed by atoms with Gasteiger partial charge in [0.25, 0.3) is 0 Å². The Morgan fingerprint density at radius 2 is 1.94 bits per heavy atom. The second kappa shape index (κ2) is 6.26. The number of alkyl halides is 1. The van der Waals surface area contributed by atoms with Gasteiger partial charge in [-0.1, -0.05) is 22.0 Å². The standard InChI is InChI=1S/C13H20BrNO/c1-10-8-13(16-4)11(2)7-12(10)5-6-15(3)9-14/h7-8H,5-6,9H2,1-4H3. The van der Waals surface area contributed by atoms with E-state index in [-0.39, 0.29) is 0 Å². The van der Waals surface area contributed by atoms with Gasteiger partial charge in [0, 0.05) is 6.54 Å². The Labute approximate surface area is 107 Å². The Morgan fingerprint density at radius 3 is 2.50 bits per heavy atom. The number of likely N-dealkylation sites (N-methyl/N-ethyl adjacent to an activating group) is 1. The first-order chi connectivity index (χ1) is 7.58. The third-order valence-electron chi connectivity index (χ3n) is 2.82. The molecule has 16 heavy (non-hydrogen) atoms. The Balaban J connectivity index is 2.77. The van der Waals surface area contributed by atoms with Crippen LogP contribution in [-0.2, 0) is 6.42 Å². The van der Waals surface area contributed by atoms with E-state index in [1.54, 1.807) is 7.11 Å². The Morgan fingerprint density at radius 1 is 1.25 bits per heavy atom. The van der Waals surface area contributed by atoms with Gasteiger partial charge in [-0.15, -0.1) is 0 Å². The molecular weight excluding hydrogens is 266 g/mol. The number of aryl methyl sites for hydroxylation is 2. The summed E-state index contributed by atoms with van der Waals surface area (Å²) in [6.07, 6.45) is 1.08. The smallest absolute Gasteiger partial charge is 0.122 e.